The van der Waals surface area contributed by atoms with Crippen LogP contribution < -0.4 is 0 Å². The summed E-state index contributed by atoms with van der Waals surface area (Å²) in [5.41, 5.74) is 0.133. The lowest BCUT2D eigenvalue weighted by Crippen LogP contribution is -2.06. The fourth-order valence-electron chi connectivity index (χ4n) is 1.39. The fourth-order valence-corrected chi connectivity index (χ4v) is 2.27. The molecule has 0 amide bonds. The van der Waals surface area contributed by atoms with Crippen LogP contribution in [0, 0.1) is 9.64 Å². The molecular formula is C12H5ClF3IN. The molecule has 0 atom stereocenters. The van der Waals surface area contributed by atoms with Gasteiger partial charge in [0, 0.05) is 15.3 Å². The Labute approximate surface area is 120 Å². The average Bonchev–Trinajstić information content (AvgIpc) is 2.29. The third-order valence-electron chi connectivity index (χ3n) is 2.23. The molecule has 0 saturated carbocycles. The van der Waals surface area contributed by atoms with Gasteiger partial charge < -0.3 is 0 Å². The van der Waals surface area contributed by atoms with Gasteiger partial charge in [0.25, 0.3) is 0 Å². The zero-order valence-corrected chi connectivity index (χ0v) is 11.6. The maximum absolute atomic E-state index is 12.5. The van der Waals surface area contributed by atoms with Crippen molar-refractivity contribution >= 4 is 34.2 Å². The Morgan fingerprint density at radius 1 is 1.33 bits per heavy atom. The highest BCUT2D eigenvalue weighted by Gasteiger charge is 2.31. The highest BCUT2D eigenvalue weighted by atomic mass is 127. The van der Waals surface area contributed by atoms with Crippen molar-refractivity contribution in [2.24, 2.45) is 0 Å². The second-order valence-electron chi connectivity index (χ2n) is 3.45. The van der Waals surface area contributed by atoms with Gasteiger partial charge in [-0.2, -0.15) is 13.2 Å². The highest BCUT2D eigenvalue weighted by molar-refractivity contribution is 14.1. The maximum Gasteiger partial charge on any atom is 0.417 e. The molecular weight excluding hydrogens is 377 g/mol. The van der Waals surface area contributed by atoms with E-state index in [1.807, 2.05) is 22.6 Å². The van der Waals surface area contributed by atoms with Crippen molar-refractivity contribution < 1.29 is 13.2 Å². The van der Waals surface area contributed by atoms with Crippen LogP contribution in [0.1, 0.15) is 5.56 Å². The number of halogens is 5. The topological polar surface area (TPSA) is 12.9 Å². The van der Waals surface area contributed by atoms with E-state index < -0.39 is 11.7 Å². The van der Waals surface area contributed by atoms with Gasteiger partial charge in [0.1, 0.15) is 0 Å². The molecule has 0 fully saturated rings. The lowest BCUT2D eigenvalue weighted by Gasteiger charge is -2.10. The van der Waals surface area contributed by atoms with E-state index in [4.69, 9.17) is 11.6 Å². The van der Waals surface area contributed by atoms with Crippen molar-refractivity contribution in [2.75, 3.05) is 0 Å². The summed E-state index contributed by atoms with van der Waals surface area (Å²) in [5.74, 6) is 0. The normalized spacial score (nSPS) is 11.6. The van der Waals surface area contributed by atoms with E-state index in [2.05, 4.69) is 11.1 Å². The molecule has 2 rings (SSSR count). The summed E-state index contributed by atoms with van der Waals surface area (Å²) in [6, 6.07) is 8.99. The molecule has 1 aromatic carbocycles. The molecule has 1 nitrogen and oxygen atoms in total. The van der Waals surface area contributed by atoms with Crippen LogP contribution in [-0.4, -0.2) is 4.98 Å². The van der Waals surface area contributed by atoms with Gasteiger partial charge in [-0.25, -0.2) is 0 Å². The summed E-state index contributed by atoms with van der Waals surface area (Å²) < 4.78 is 38.2. The summed E-state index contributed by atoms with van der Waals surface area (Å²) in [7, 11) is 0. The molecule has 18 heavy (non-hydrogen) atoms. The van der Waals surface area contributed by atoms with Gasteiger partial charge in [-0.15, -0.1) is 0 Å². The standard InChI is InChI=1S/C12H5ClF3IN/c13-9-5-7(12(14,15)16)6-18-11(9)8-3-1-2-4-10(8)17/h1-3,5-6H. The third kappa shape index (κ3) is 2.77. The first-order chi connectivity index (χ1) is 8.39. The number of hydrogen-bond donors (Lipinski definition) is 0. The average molecular weight is 383 g/mol. The van der Waals surface area contributed by atoms with Crippen molar-refractivity contribution in [3.8, 4) is 11.3 Å². The molecule has 0 bridgehead atoms. The molecule has 0 spiro atoms. The molecule has 0 aliphatic rings. The number of rotatable bonds is 1. The lowest BCUT2D eigenvalue weighted by molar-refractivity contribution is -0.137. The van der Waals surface area contributed by atoms with Crippen LogP contribution in [0.2, 0.25) is 5.02 Å². The highest BCUT2D eigenvalue weighted by Crippen LogP contribution is 2.35. The van der Waals surface area contributed by atoms with Crippen LogP contribution in [0.4, 0.5) is 13.2 Å². The van der Waals surface area contributed by atoms with Gasteiger partial charge >= 0.3 is 6.18 Å². The van der Waals surface area contributed by atoms with Gasteiger partial charge in [0.2, 0.25) is 0 Å². The minimum atomic E-state index is -4.44. The van der Waals surface area contributed by atoms with Gasteiger partial charge in [-0.05, 0) is 34.7 Å². The number of benzene rings is 1. The SMILES string of the molecule is FC(F)(F)c1cnc(-c2ccc[c]c2I)c(Cl)c1. The van der Waals surface area contributed by atoms with Crippen molar-refractivity contribution in [1.29, 1.82) is 0 Å². The smallest absolute Gasteiger partial charge is 0.254 e. The number of aromatic nitrogens is 1. The molecule has 0 aliphatic heterocycles. The molecule has 0 N–H and O–H groups in total. The van der Waals surface area contributed by atoms with Crippen molar-refractivity contribution in [3.05, 3.63) is 50.7 Å². The summed E-state index contributed by atoms with van der Waals surface area (Å²) in [4.78, 5) is 3.80. The summed E-state index contributed by atoms with van der Waals surface area (Å²) in [6.07, 6.45) is -3.66. The third-order valence-corrected chi connectivity index (χ3v) is 3.41. The van der Waals surface area contributed by atoms with Crippen LogP contribution in [0.3, 0.4) is 0 Å². The zero-order chi connectivity index (χ0) is 13.3. The van der Waals surface area contributed by atoms with Crippen LogP contribution >= 0.6 is 34.2 Å². The first-order valence-electron chi connectivity index (χ1n) is 4.79. The second kappa shape index (κ2) is 5.05. The van der Waals surface area contributed by atoms with E-state index in [0.29, 0.717) is 11.3 Å². The van der Waals surface area contributed by atoms with E-state index in [9.17, 15) is 13.2 Å². The monoisotopic (exact) mass is 382 g/mol. The van der Waals surface area contributed by atoms with Gasteiger partial charge in [0.05, 0.1) is 16.3 Å². The van der Waals surface area contributed by atoms with Crippen molar-refractivity contribution in [2.45, 2.75) is 6.18 Å². The zero-order valence-electron chi connectivity index (χ0n) is 8.72. The molecule has 0 aliphatic carbocycles. The Bertz CT molecular complexity index is 584. The molecule has 1 heterocycles. The first kappa shape index (κ1) is 13.6. The molecule has 0 saturated heterocycles. The molecule has 1 radical (unpaired) electrons. The number of nitrogens with zero attached hydrogens (tertiary/aromatic N) is 1. The van der Waals surface area contributed by atoms with E-state index in [-0.39, 0.29) is 5.02 Å². The minimum Gasteiger partial charge on any atom is -0.254 e. The van der Waals surface area contributed by atoms with Gasteiger partial charge in [0.15, 0.2) is 0 Å². The number of pyridine rings is 1. The molecule has 0 unspecified atom stereocenters. The molecule has 1 aromatic heterocycles. The van der Waals surface area contributed by atoms with E-state index in [1.54, 1.807) is 18.2 Å². The van der Waals surface area contributed by atoms with Crippen LogP contribution in [0.5, 0.6) is 0 Å². The largest absolute Gasteiger partial charge is 0.417 e. The van der Waals surface area contributed by atoms with E-state index in [1.165, 1.54) is 0 Å². The summed E-state index contributed by atoms with van der Waals surface area (Å²) >= 11 is 7.89. The van der Waals surface area contributed by atoms with Crippen molar-refractivity contribution in [1.82, 2.24) is 4.98 Å². The fraction of sp³-hybridized carbons (Fsp3) is 0.0833. The molecule has 93 valence electrons. The van der Waals surface area contributed by atoms with Crippen LogP contribution in [0.25, 0.3) is 11.3 Å². The maximum atomic E-state index is 12.5. The summed E-state index contributed by atoms with van der Waals surface area (Å²) in [6.45, 7) is 0. The minimum absolute atomic E-state index is 0.0256. The van der Waals surface area contributed by atoms with Crippen LogP contribution in [0.15, 0.2) is 30.5 Å². The second-order valence-corrected chi connectivity index (χ2v) is 4.94. The first-order valence-corrected chi connectivity index (χ1v) is 6.24. The molecule has 6 heteroatoms. The number of alkyl halides is 3. The Balaban J connectivity index is 2.52. The van der Waals surface area contributed by atoms with E-state index in [0.717, 1.165) is 15.8 Å². The van der Waals surface area contributed by atoms with E-state index >= 15 is 0 Å². The Hall–Kier alpha value is -0.820. The van der Waals surface area contributed by atoms with Gasteiger partial charge in [-0.1, -0.05) is 29.8 Å². The Kier molecular flexibility index (Phi) is 3.82. The van der Waals surface area contributed by atoms with Crippen molar-refractivity contribution in [3.63, 3.8) is 0 Å². The lowest BCUT2D eigenvalue weighted by atomic mass is 10.1. The quantitative estimate of drug-likeness (QED) is 0.644. The number of hydrogen-bond acceptors (Lipinski definition) is 1. The predicted molar refractivity (Wildman–Crippen MR) is 71.2 cm³/mol. The predicted octanol–water partition coefficient (Wildman–Crippen LogP) is 4.83. The van der Waals surface area contributed by atoms with Gasteiger partial charge in [-0.3, -0.25) is 4.98 Å². The Morgan fingerprint density at radius 2 is 2.06 bits per heavy atom. The molecule has 2 aromatic rings. The van der Waals surface area contributed by atoms with Crippen LogP contribution in [-0.2, 0) is 6.18 Å². The summed E-state index contributed by atoms with van der Waals surface area (Å²) in [5, 5.41) is -0.0256. The Morgan fingerprint density at radius 3 is 2.61 bits per heavy atom.